The first-order chi connectivity index (χ1) is 19.5. The molecule has 0 aliphatic carbocycles. The number of aromatic hydroxyl groups is 1. The number of fused-ring (bicyclic) bond motifs is 1. The molecule has 0 bridgehead atoms. The molecule has 0 aliphatic heterocycles. The molecule has 5 aromatic carbocycles. The number of phenols is 1. The Morgan fingerprint density at radius 1 is 0.558 bits per heavy atom. The Morgan fingerprint density at radius 3 is 1.53 bits per heavy atom. The zero-order valence-electron chi connectivity index (χ0n) is 24.9. The predicted molar refractivity (Wildman–Crippen MR) is 154 cm³/mol. The van der Waals surface area contributed by atoms with Crippen molar-refractivity contribution in [3.05, 3.63) is 103 Å². The van der Waals surface area contributed by atoms with Crippen molar-refractivity contribution in [2.75, 3.05) is 0 Å². The molecule has 3 N–H and O–H groups in total. The topological polar surface area (TPSA) is 178 Å². The Kier molecular flexibility index (Phi) is 11.5. The smallest absolute Gasteiger partial charge is 1.00 e. The van der Waals surface area contributed by atoms with Gasteiger partial charge in [0.25, 0.3) is 20.2 Å². The number of rotatable bonds is 7. The summed E-state index contributed by atoms with van der Waals surface area (Å²) in [5.74, 6) is -0.466. The molecule has 0 aromatic heterocycles. The quantitative estimate of drug-likeness (QED) is 0.138. The molecule has 5 aromatic rings. The van der Waals surface area contributed by atoms with Crippen molar-refractivity contribution in [2.45, 2.75) is 9.79 Å². The summed E-state index contributed by atoms with van der Waals surface area (Å²) in [6.45, 7) is 0. The van der Waals surface area contributed by atoms with E-state index in [4.69, 9.17) is 0 Å². The summed E-state index contributed by atoms with van der Waals surface area (Å²) in [4.78, 5) is -1.62. The molecular formula is C28H22N4Na2O7S2. The summed E-state index contributed by atoms with van der Waals surface area (Å²) in [5, 5.41) is 26.6. The zero-order chi connectivity index (χ0) is 29.2. The van der Waals surface area contributed by atoms with Crippen molar-refractivity contribution >= 4 is 53.8 Å². The molecular weight excluding hydrogens is 614 g/mol. The standard InChI is InChI=1S/C28H20N4O7S2.2Na.2H/c33-25-15-10-20-16-24(40(34,35)36)17-26(41(37,38)39)27(20)28(25)32-31-23-13-8-19(9-14-23)18-6-11-22(12-7-18)30-29-21-4-2-1-3-5-21;;;;/h1-17,33H,(H,34,35,36)(H,37,38,39);;;;/q;2*+1;2*-1. The third-order valence-corrected chi connectivity index (χ3v) is 7.66. The summed E-state index contributed by atoms with van der Waals surface area (Å²) in [5.41, 5.74) is 3.25. The van der Waals surface area contributed by atoms with Crippen LogP contribution >= 0.6 is 0 Å². The normalized spacial score (nSPS) is 11.9. The fraction of sp³-hybridized carbons (Fsp3) is 0. The van der Waals surface area contributed by atoms with E-state index in [1.807, 2.05) is 54.6 Å². The van der Waals surface area contributed by atoms with Crippen LogP contribution in [0.15, 0.2) is 133 Å². The summed E-state index contributed by atoms with van der Waals surface area (Å²) in [6.07, 6.45) is 0. The predicted octanol–water partition coefficient (Wildman–Crippen LogP) is 1.77. The van der Waals surface area contributed by atoms with Crippen LogP contribution in [-0.4, -0.2) is 31.0 Å². The molecule has 0 aliphatic rings. The molecule has 0 unspecified atom stereocenters. The second kappa shape index (κ2) is 14.3. The van der Waals surface area contributed by atoms with Crippen molar-refractivity contribution in [3.63, 3.8) is 0 Å². The molecule has 0 fully saturated rings. The van der Waals surface area contributed by atoms with Crippen molar-refractivity contribution in [3.8, 4) is 16.9 Å². The Labute approximate surface area is 294 Å². The Balaban J connectivity index is 0.00000253. The maximum absolute atomic E-state index is 12.1. The van der Waals surface area contributed by atoms with Crippen LogP contribution in [0.3, 0.4) is 0 Å². The Hall–Kier alpha value is -2.82. The maximum atomic E-state index is 12.1. The van der Waals surface area contributed by atoms with Crippen molar-refractivity contribution in [1.82, 2.24) is 0 Å². The van der Waals surface area contributed by atoms with Gasteiger partial charge in [0.1, 0.15) is 16.3 Å². The molecule has 0 heterocycles. The Bertz CT molecular complexity index is 2050. The average Bonchev–Trinajstić information content (AvgIpc) is 2.95. The zero-order valence-corrected chi connectivity index (χ0v) is 28.5. The fourth-order valence-electron chi connectivity index (χ4n) is 3.98. The van der Waals surface area contributed by atoms with Gasteiger partial charge in [-0.2, -0.15) is 32.2 Å². The molecule has 0 radical (unpaired) electrons. The minimum Gasteiger partial charge on any atom is -1.00 e. The van der Waals surface area contributed by atoms with Gasteiger partial charge in [0.05, 0.1) is 22.0 Å². The van der Waals surface area contributed by atoms with E-state index in [-0.39, 0.29) is 78.4 Å². The molecule has 0 spiro atoms. The molecule has 15 heteroatoms. The van der Waals surface area contributed by atoms with Gasteiger partial charge in [0.2, 0.25) is 0 Å². The van der Waals surface area contributed by atoms with Crippen LogP contribution in [0.5, 0.6) is 5.75 Å². The van der Waals surface area contributed by atoms with E-state index in [0.29, 0.717) is 17.4 Å². The molecule has 0 amide bonds. The van der Waals surface area contributed by atoms with E-state index in [2.05, 4.69) is 20.5 Å². The van der Waals surface area contributed by atoms with Crippen LogP contribution < -0.4 is 59.1 Å². The first-order valence-electron chi connectivity index (χ1n) is 11.8. The van der Waals surface area contributed by atoms with Gasteiger partial charge in [-0.05, 0) is 71.1 Å². The number of benzene rings is 5. The third-order valence-electron chi connectivity index (χ3n) is 5.95. The van der Waals surface area contributed by atoms with Crippen LogP contribution in [0.1, 0.15) is 2.85 Å². The average molecular weight is 637 g/mol. The van der Waals surface area contributed by atoms with E-state index < -0.39 is 35.8 Å². The van der Waals surface area contributed by atoms with Gasteiger partial charge in [0.15, 0.2) is 0 Å². The number of hydrogen-bond acceptors (Lipinski definition) is 9. The second-order valence-corrected chi connectivity index (χ2v) is 11.5. The largest absolute Gasteiger partial charge is 1.00 e. The molecule has 0 atom stereocenters. The summed E-state index contributed by atoms with van der Waals surface area (Å²) in [6, 6.07) is 27.6. The Morgan fingerprint density at radius 2 is 1.05 bits per heavy atom. The van der Waals surface area contributed by atoms with Gasteiger partial charge in [0, 0.05) is 5.39 Å². The third kappa shape index (κ3) is 8.42. The monoisotopic (exact) mass is 636 g/mol. The maximum Gasteiger partial charge on any atom is 1.00 e. The number of phenolic OH excluding ortho intramolecular Hbond substituents is 1. The van der Waals surface area contributed by atoms with Gasteiger partial charge >= 0.3 is 59.1 Å². The van der Waals surface area contributed by atoms with Crippen LogP contribution in [0.4, 0.5) is 22.7 Å². The van der Waals surface area contributed by atoms with Gasteiger partial charge < -0.3 is 7.96 Å². The first kappa shape index (κ1) is 34.7. The summed E-state index contributed by atoms with van der Waals surface area (Å²) in [7, 11) is -9.79. The molecule has 210 valence electrons. The SMILES string of the molecule is O=S(=O)(O)c1cc(S(=O)(=O)O)c2c(N=Nc3ccc(-c4ccc(N=Nc5ccccc5)cc4)cc3)c(O)ccc2c1.[H-].[H-].[Na+].[Na+]. The van der Waals surface area contributed by atoms with Crippen LogP contribution in [0.2, 0.25) is 0 Å². The number of nitrogens with zero attached hydrogens (tertiary/aromatic N) is 4. The van der Waals surface area contributed by atoms with Crippen LogP contribution in [-0.2, 0) is 20.2 Å². The van der Waals surface area contributed by atoms with Gasteiger partial charge in [-0.25, -0.2) is 0 Å². The van der Waals surface area contributed by atoms with Crippen LogP contribution in [0.25, 0.3) is 21.9 Å². The molecule has 0 saturated carbocycles. The summed E-state index contributed by atoms with van der Waals surface area (Å²) >= 11 is 0. The van der Waals surface area contributed by atoms with Crippen molar-refractivity contribution < 1.29 is 93.0 Å². The van der Waals surface area contributed by atoms with Gasteiger partial charge in [-0.1, -0.05) is 48.5 Å². The first-order valence-corrected chi connectivity index (χ1v) is 14.7. The number of hydrogen-bond donors (Lipinski definition) is 3. The van der Waals surface area contributed by atoms with Gasteiger partial charge in [-0.3, -0.25) is 9.11 Å². The van der Waals surface area contributed by atoms with Crippen molar-refractivity contribution in [2.24, 2.45) is 20.5 Å². The molecule has 5 rings (SSSR count). The minimum absolute atomic E-state index is 0. The molecule has 43 heavy (non-hydrogen) atoms. The van der Waals surface area contributed by atoms with E-state index in [1.54, 1.807) is 24.3 Å². The van der Waals surface area contributed by atoms with E-state index >= 15 is 0 Å². The fourth-order valence-corrected chi connectivity index (χ4v) is 5.35. The van der Waals surface area contributed by atoms with Gasteiger partial charge in [-0.15, -0.1) is 5.11 Å². The minimum atomic E-state index is -4.99. The van der Waals surface area contributed by atoms with E-state index in [1.165, 1.54) is 6.07 Å². The van der Waals surface area contributed by atoms with E-state index in [9.17, 15) is 31.0 Å². The summed E-state index contributed by atoms with van der Waals surface area (Å²) < 4.78 is 66.5. The molecule has 11 nitrogen and oxygen atoms in total. The van der Waals surface area contributed by atoms with Crippen molar-refractivity contribution in [1.29, 1.82) is 0 Å². The van der Waals surface area contributed by atoms with Crippen LogP contribution in [0, 0.1) is 0 Å². The second-order valence-electron chi connectivity index (χ2n) is 8.73. The molecule has 0 saturated heterocycles. The number of azo groups is 2. The van der Waals surface area contributed by atoms with E-state index in [0.717, 1.165) is 28.9 Å².